The molecule has 0 aromatic heterocycles. The minimum atomic E-state index is -1.24. The van der Waals surface area contributed by atoms with Crippen molar-refractivity contribution in [2.75, 3.05) is 0 Å². The van der Waals surface area contributed by atoms with Crippen LogP contribution < -0.4 is 5.32 Å². The second-order valence-corrected chi connectivity index (χ2v) is 4.58. The fraction of sp³-hybridized carbons (Fsp3) is 0.636. The van der Waals surface area contributed by atoms with Gasteiger partial charge in [0.25, 0.3) is 0 Å². The highest BCUT2D eigenvalue weighted by Gasteiger charge is 2.25. The van der Waals surface area contributed by atoms with Crippen LogP contribution in [0.4, 0.5) is 4.79 Å². The summed E-state index contributed by atoms with van der Waals surface area (Å²) < 4.78 is 4.91. The predicted octanol–water partition coefficient (Wildman–Crippen LogP) is 0.901. The molecule has 0 heterocycles. The highest BCUT2D eigenvalue weighted by molar-refractivity contribution is 5.80. The van der Waals surface area contributed by atoms with Crippen LogP contribution in [0.5, 0.6) is 0 Å². The van der Waals surface area contributed by atoms with Crippen molar-refractivity contribution in [1.82, 2.24) is 5.32 Å². The van der Waals surface area contributed by atoms with Gasteiger partial charge in [0, 0.05) is 6.42 Å². The number of nitrogens with one attached hydrogen (secondary N) is 1. The number of ether oxygens (including phenoxy) is 1. The summed E-state index contributed by atoms with van der Waals surface area (Å²) in [6.07, 6.45) is -0.780. The van der Waals surface area contributed by atoms with Crippen molar-refractivity contribution in [2.24, 2.45) is 0 Å². The lowest BCUT2D eigenvalue weighted by atomic mass is 10.1. The highest BCUT2D eigenvalue weighted by Crippen LogP contribution is 2.08. The van der Waals surface area contributed by atoms with Gasteiger partial charge in [0.05, 0.1) is 6.10 Å². The second-order valence-electron chi connectivity index (χ2n) is 4.58. The van der Waals surface area contributed by atoms with Gasteiger partial charge in [0.1, 0.15) is 11.6 Å². The molecule has 0 spiro atoms. The number of hydrogen-bond acceptors (Lipinski definition) is 4. The van der Waals surface area contributed by atoms with Gasteiger partial charge < -0.3 is 20.3 Å². The number of alkyl carbamates (subject to hydrolysis) is 1. The lowest BCUT2D eigenvalue weighted by molar-refractivity contribution is -0.140. The molecule has 0 aliphatic rings. The zero-order valence-electron chi connectivity index (χ0n) is 10.3. The molecule has 0 unspecified atom stereocenters. The molecule has 3 N–H and O–H groups in total. The first-order valence-corrected chi connectivity index (χ1v) is 5.18. The molecule has 0 aromatic carbocycles. The van der Waals surface area contributed by atoms with Crippen LogP contribution in [-0.4, -0.2) is 40.0 Å². The largest absolute Gasteiger partial charge is 0.480 e. The van der Waals surface area contributed by atoms with Crippen molar-refractivity contribution in [1.29, 1.82) is 0 Å². The van der Waals surface area contributed by atoms with Gasteiger partial charge in [-0.15, -0.1) is 6.58 Å². The fourth-order valence-electron chi connectivity index (χ4n) is 1.01. The molecular weight excluding hydrogens is 226 g/mol. The van der Waals surface area contributed by atoms with E-state index in [1.807, 2.05) is 0 Å². The van der Waals surface area contributed by atoms with E-state index in [0.29, 0.717) is 0 Å². The standard InChI is InChI=1S/C11H19NO5/c1-5-7(13)6-8(9(14)15)12-10(16)17-11(2,3)4/h5,7-8,13H,1,6H2,2-4H3,(H,12,16)(H,14,15)/t7-,8-/m0/s1. The molecule has 0 aliphatic carbocycles. The predicted molar refractivity (Wildman–Crippen MR) is 61.6 cm³/mol. The number of carboxylic acids is 1. The van der Waals surface area contributed by atoms with E-state index in [1.54, 1.807) is 20.8 Å². The molecule has 0 saturated heterocycles. The minimum absolute atomic E-state index is 0.155. The van der Waals surface area contributed by atoms with Crippen molar-refractivity contribution in [3.05, 3.63) is 12.7 Å². The maximum Gasteiger partial charge on any atom is 0.408 e. The van der Waals surface area contributed by atoms with E-state index in [2.05, 4.69) is 11.9 Å². The molecule has 0 fully saturated rings. The van der Waals surface area contributed by atoms with Gasteiger partial charge in [-0.1, -0.05) is 6.08 Å². The Morgan fingerprint density at radius 1 is 1.47 bits per heavy atom. The van der Waals surface area contributed by atoms with Crippen LogP contribution in [0.2, 0.25) is 0 Å². The highest BCUT2D eigenvalue weighted by atomic mass is 16.6. The van der Waals surface area contributed by atoms with Gasteiger partial charge in [-0.25, -0.2) is 9.59 Å². The lowest BCUT2D eigenvalue weighted by Gasteiger charge is -2.22. The van der Waals surface area contributed by atoms with E-state index in [4.69, 9.17) is 9.84 Å². The molecule has 0 bridgehead atoms. The van der Waals surface area contributed by atoms with E-state index in [1.165, 1.54) is 6.08 Å². The van der Waals surface area contributed by atoms with Crippen molar-refractivity contribution in [3.8, 4) is 0 Å². The number of rotatable bonds is 5. The Morgan fingerprint density at radius 3 is 2.35 bits per heavy atom. The number of carbonyl (C=O) groups excluding carboxylic acids is 1. The SMILES string of the molecule is C=C[C@H](O)C[C@H](NC(=O)OC(C)(C)C)C(=O)O. The minimum Gasteiger partial charge on any atom is -0.480 e. The number of amides is 1. The maximum atomic E-state index is 11.3. The third kappa shape index (κ3) is 7.35. The van der Waals surface area contributed by atoms with Gasteiger partial charge in [0.2, 0.25) is 0 Å². The van der Waals surface area contributed by atoms with Gasteiger partial charge in [-0.3, -0.25) is 0 Å². The molecular formula is C11H19NO5. The van der Waals surface area contributed by atoms with Crippen LogP contribution in [0.1, 0.15) is 27.2 Å². The van der Waals surface area contributed by atoms with Gasteiger partial charge >= 0.3 is 12.1 Å². The monoisotopic (exact) mass is 245 g/mol. The van der Waals surface area contributed by atoms with Crippen LogP contribution in [-0.2, 0) is 9.53 Å². The molecule has 6 nitrogen and oxygen atoms in total. The number of hydrogen-bond donors (Lipinski definition) is 3. The van der Waals surface area contributed by atoms with Crippen LogP contribution in [0.3, 0.4) is 0 Å². The van der Waals surface area contributed by atoms with Gasteiger partial charge in [0.15, 0.2) is 0 Å². The van der Waals surface area contributed by atoms with Crippen molar-refractivity contribution in [2.45, 2.75) is 44.9 Å². The Morgan fingerprint density at radius 2 is 2.00 bits per heavy atom. The molecule has 0 radical (unpaired) electrons. The molecule has 0 aromatic rings. The van der Waals surface area contributed by atoms with Crippen LogP contribution >= 0.6 is 0 Å². The quantitative estimate of drug-likeness (QED) is 0.625. The molecule has 0 aliphatic heterocycles. The van der Waals surface area contributed by atoms with Crippen molar-refractivity contribution >= 4 is 12.1 Å². The summed E-state index contributed by atoms with van der Waals surface area (Å²) >= 11 is 0. The molecule has 2 atom stereocenters. The zero-order valence-corrected chi connectivity index (χ0v) is 10.3. The summed E-state index contributed by atoms with van der Waals surface area (Å²) in [5.74, 6) is -1.24. The average molecular weight is 245 g/mol. The van der Waals surface area contributed by atoms with Crippen molar-refractivity contribution < 1.29 is 24.5 Å². The lowest BCUT2D eigenvalue weighted by Crippen LogP contribution is -2.44. The topological polar surface area (TPSA) is 95.9 Å². The molecule has 0 saturated carbocycles. The summed E-state index contributed by atoms with van der Waals surface area (Å²) in [6, 6.07) is -1.21. The van der Waals surface area contributed by atoms with Crippen molar-refractivity contribution in [3.63, 3.8) is 0 Å². The first kappa shape index (κ1) is 15.4. The maximum absolute atomic E-state index is 11.3. The zero-order chi connectivity index (χ0) is 13.6. The normalized spacial score (nSPS) is 14.6. The number of carboxylic acid groups (broad SMARTS) is 1. The average Bonchev–Trinajstić information content (AvgIpc) is 2.13. The first-order valence-electron chi connectivity index (χ1n) is 5.18. The van der Waals surface area contributed by atoms with Crippen LogP contribution in [0.15, 0.2) is 12.7 Å². The third-order valence-corrected chi connectivity index (χ3v) is 1.74. The van der Waals surface area contributed by atoms with E-state index >= 15 is 0 Å². The van der Waals surface area contributed by atoms with Gasteiger partial charge in [-0.05, 0) is 20.8 Å². The second kappa shape index (κ2) is 6.24. The first-order chi connectivity index (χ1) is 7.65. The summed E-state index contributed by atoms with van der Waals surface area (Å²) in [5, 5.41) is 20.3. The number of aliphatic carboxylic acids is 1. The molecule has 1 amide bonds. The smallest absolute Gasteiger partial charge is 0.408 e. The Balaban J connectivity index is 4.40. The van der Waals surface area contributed by atoms with E-state index in [-0.39, 0.29) is 6.42 Å². The molecule has 6 heteroatoms. The summed E-state index contributed by atoms with van der Waals surface area (Å²) in [4.78, 5) is 22.2. The van der Waals surface area contributed by atoms with E-state index < -0.39 is 29.8 Å². The molecule has 98 valence electrons. The summed E-state index contributed by atoms with van der Waals surface area (Å²) in [7, 11) is 0. The number of aliphatic hydroxyl groups excluding tert-OH is 1. The van der Waals surface area contributed by atoms with Crippen LogP contribution in [0, 0.1) is 0 Å². The Hall–Kier alpha value is -1.56. The third-order valence-electron chi connectivity index (χ3n) is 1.74. The summed E-state index contributed by atoms with van der Waals surface area (Å²) in [5.41, 5.74) is -0.704. The van der Waals surface area contributed by atoms with E-state index in [0.717, 1.165) is 0 Å². The number of carbonyl (C=O) groups is 2. The van der Waals surface area contributed by atoms with Crippen LogP contribution in [0.25, 0.3) is 0 Å². The Bertz CT molecular complexity index is 295. The fourth-order valence-corrected chi connectivity index (χ4v) is 1.01. The Labute approximate surface area is 100 Å². The molecule has 0 rings (SSSR count). The summed E-state index contributed by atoms with van der Waals surface area (Å²) in [6.45, 7) is 8.33. The number of aliphatic hydroxyl groups is 1. The molecule has 17 heavy (non-hydrogen) atoms. The van der Waals surface area contributed by atoms with E-state index in [9.17, 15) is 14.7 Å². The Kier molecular flexibility index (Phi) is 5.67. The van der Waals surface area contributed by atoms with Gasteiger partial charge in [-0.2, -0.15) is 0 Å².